The van der Waals surface area contributed by atoms with Gasteiger partial charge in [-0.25, -0.2) is 9.19 Å². The summed E-state index contributed by atoms with van der Waals surface area (Å²) in [5, 5.41) is 1.31. The van der Waals surface area contributed by atoms with E-state index in [9.17, 15) is 4.21 Å². The van der Waals surface area contributed by atoms with Crippen LogP contribution in [0.2, 0.25) is 5.02 Å². The molecule has 0 unspecified atom stereocenters. The van der Waals surface area contributed by atoms with Crippen molar-refractivity contribution >= 4 is 39.7 Å². The SMILES string of the molecule is COc1cc2nc(OC)c(/C=N/[S@](=O)C(C)(C)C)cc2cc1Cl. The van der Waals surface area contributed by atoms with Crippen molar-refractivity contribution < 1.29 is 13.7 Å². The van der Waals surface area contributed by atoms with Crippen LogP contribution in [0.1, 0.15) is 26.3 Å². The number of pyridine rings is 1. The lowest BCUT2D eigenvalue weighted by atomic mass is 10.1. The van der Waals surface area contributed by atoms with Gasteiger partial charge in [0, 0.05) is 11.5 Å². The van der Waals surface area contributed by atoms with Gasteiger partial charge in [-0.2, -0.15) is 4.40 Å². The second-order valence-electron chi connectivity index (χ2n) is 5.86. The summed E-state index contributed by atoms with van der Waals surface area (Å²) in [5.74, 6) is 0.945. The third-order valence-electron chi connectivity index (χ3n) is 3.09. The largest absolute Gasteiger partial charge is 0.495 e. The fourth-order valence-corrected chi connectivity index (χ4v) is 2.62. The minimum absolute atomic E-state index is 0.400. The third-order valence-corrected chi connectivity index (χ3v) is 4.73. The zero-order valence-corrected chi connectivity index (χ0v) is 15.3. The molecule has 0 aliphatic heterocycles. The molecule has 124 valence electrons. The summed E-state index contributed by atoms with van der Waals surface area (Å²) in [5.41, 5.74) is 1.33. The number of rotatable bonds is 4. The van der Waals surface area contributed by atoms with Crippen LogP contribution in [-0.4, -0.2) is 34.4 Å². The maximum Gasteiger partial charge on any atom is 0.222 e. The number of ether oxygens (including phenoxy) is 2. The zero-order chi connectivity index (χ0) is 17.2. The highest BCUT2D eigenvalue weighted by atomic mass is 35.5. The monoisotopic (exact) mass is 354 g/mol. The molecule has 0 aliphatic carbocycles. The van der Waals surface area contributed by atoms with Crippen molar-refractivity contribution in [3.8, 4) is 11.6 Å². The second kappa shape index (κ2) is 6.84. The number of methoxy groups -OCH3 is 2. The second-order valence-corrected chi connectivity index (χ2v) is 8.20. The first-order valence-electron chi connectivity index (χ1n) is 6.94. The van der Waals surface area contributed by atoms with E-state index in [4.69, 9.17) is 21.1 Å². The summed E-state index contributed by atoms with van der Waals surface area (Å²) in [6.45, 7) is 5.59. The van der Waals surface area contributed by atoms with Gasteiger partial charge in [-0.3, -0.25) is 0 Å². The number of aromatic nitrogens is 1. The lowest BCUT2D eigenvalue weighted by Crippen LogP contribution is -2.19. The Bertz CT molecular complexity index is 785. The van der Waals surface area contributed by atoms with Gasteiger partial charge in [-0.1, -0.05) is 11.6 Å². The van der Waals surface area contributed by atoms with E-state index in [1.54, 1.807) is 19.2 Å². The van der Waals surface area contributed by atoms with Crippen LogP contribution < -0.4 is 9.47 Å². The van der Waals surface area contributed by atoms with E-state index < -0.39 is 15.7 Å². The number of halogens is 1. The number of benzene rings is 1. The van der Waals surface area contributed by atoms with Crippen LogP contribution in [0, 0.1) is 0 Å². The molecule has 1 heterocycles. The minimum atomic E-state index is -1.35. The molecule has 0 bridgehead atoms. The maximum absolute atomic E-state index is 12.1. The molecule has 0 aliphatic rings. The number of fused-ring (bicyclic) bond motifs is 1. The summed E-state index contributed by atoms with van der Waals surface area (Å²) in [6.07, 6.45) is 1.52. The Morgan fingerprint density at radius 3 is 2.48 bits per heavy atom. The van der Waals surface area contributed by atoms with Gasteiger partial charge < -0.3 is 9.47 Å². The quantitative estimate of drug-likeness (QED) is 0.784. The summed E-state index contributed by atoms with van der Waals surface area (Å²) in [4.78, 5) is 4.43. The summed E-state index contributed by atoms with van der Waals surface area (Å²) < 4.78 is 26.2. The van der Waals surface area contributed by atoms with E-state index in [-0.39, 0.29) is 0 Å². The molecule has 0 radical (unpaired) electrons. The highest BCUT2D eigenvalue weighted by Crippen LogP contribution is 2.31. The number of nitrogens with zero attached hydrogens (tertiary/aromatic N) is 2. The number of hydrogen-bond acceptors (Lipinski definition) is 4. The molecule has 0 fully saturated rings. The first-order chi connectivity index (χ1) is 10.8. The zero-order valence-electron chi connectivity index (χ0n) is 13.7. The molecule has 1 aromatic carbocycles. The Morgan fingerprint density at radius 2 is 1.91 bits per heavy atom. The smallest absolute Gasteiger partial charge is 0.222 e. The predicted molar refractivity (Wildman–Crippen MR) is 95.3 cm³/mol. The average Bonchev–Trinajstić information content (AvgIpc) is 2.50. The molecular weight excluding hydrogens is 336 g/mol. The Balaban J connectivity index is 2.51. The van der Waals surface area contributed by atoms with Crippen LogP contribution in [0.25, 0.3) is 10.9 Å². The summed E-state index contributed by atoms with van der Waals surface area (Å²) >= 11 is 6.15. The standard InChI is InChI=1S/C16H19ClN2O3S/c1-16(2,3)23(20)18-9-11-6-10-7-12(17)14(21-4)8-13(10)19-15(11)22-5/h6-9H,1-5H3/b18-9+/t23-/m1/s1. The van der Waals surface area contributed by atoms with Gasteiger partial charge in [0.15, 0.2) is 0 Å². The van der Waals surface area contributed by atoms with Gasteiger partial charge in [-0.15, -0.1) is 0 Å². The molecule has 0 amide bonds. The van der Waals surface area contributed by atoms with Crippen LogP contribution in [-0.2, 0) is 11.0 Å². The number of hydrogen-bond donors (Lipinski definition) is 0. The van der Waals surface area contributed by atoms with Crippen molar-refractivity contribution in [3.05, 3.63) is 28.8 Å². The van der Waals surface area contributed by atoms with Crippen molar-refractivity contribution in [1.29, 1.82) is 0 Å². The molecule has 0 N–H and O–H groups in total. The highest BCUT2D eigenvalue weighted by Gasteiger charge is 2.18. The van der Waals surface area contributed by atoms with Crippen LogP contribution >= 0.6 is 11.6 Å². The molecule has 0 spiro atoms. The Kier molecular flexibility index (Phi) is 5.26. The molecule has 0 saturated carbocycles. The van der Waals surface area contributed by atoms with E-state index in [0.717, 1.165) is 5.39 Å². The van der Waals surface area contributed by atoms with Crippen molar-refractivity contribution in [3.63, 3.8) is 0 Å². The van der Waals surface area contributed by atoms with E-state index in [1.807, 2.05) is 26.8 Å². The maximum atomic E-state index is 12.1. The van der Waals surface area contributed by atoms with Crippen molar-refractivity contribution in [2.75, 3.05) is 14.2 Å². The Morgan fingerprint density at radius 1 is 1.22 bits per heavy atom. The molecule has 1 aromatic heterocycles. The molecule has 2 aromatic rings. The summed E-state index contributed by atoms with van der Waals surface area (Å²) in [7, 11) is 1.72. The van der Waals surface area contributed by atoms with E-state index >= 15 is 0 Å². The first kappa shape index (κ1) is 17.7. The molecule has 7 heteroatoms. The lowest BCUT2D eigenvalue weighted by molar-refractivity contribution is 0.398. The van der Waals surface area contributed by atoms with Crippen LogP contribution in [0.5, 0.6) is 11.6 Å². The van der Waals surface area contributed by atoms with Crippen molar-refractivity contribution in [2.24, 2.45) is 4.40 Å². The topological polar surface area (TPSA) is 60.8 Å². The average molecular weight is 355 g/mol. The molecule has 5 nitrogen and oxygen atoms in total. The molecule has 1 atom stereocenters. The third kappa shape index (κ3) is 4.00. The van der Waals surface area contributed by atoms with Gasteiger partial charge in [0.25, 0.3) is 0 Å². The molecule has 23 heavy (non-hydrogen) atoms. The van der Waals surface area contributed by atoms with E-state index in [2.05, 4.69) is 9.38 Å². The Hall–Kier alpha value is -1.66. The van der Waals surface area contributed by atoms with Crippen LogP contribution in [0.3, 0.4) is 0 Å². The molecule has 2 rings (SSSR count). The van der Waals surface area contributed by atoms with Gasteiger partial charge in [-0.05, 0) is 32.9 Å². The fraction of sp³-hybridized carbons (Fsp3) is 0.375. The molecule has 0 saturated heterocycles. The predicted octanol–water partition coefficient (Wildman–Crippen LogP) is 3.79. The van der Waals surface area contributed by atoms with Crippen LogP contribution in [0.4, 0.5) is 0 Å². The van der Waals surface area contributed by atoms with E-state index in [1.165, 1.54) is 13.3 Å². The minimum Gasteiger partial charge on any atom is -0.495 e. The van der Waals surface area contributed by atoms with Gasteiger partial charge in [0.1, 0.15) is 16.7 Å². The van der Waals surface area contributed by atoms with Gasteiger partial charge in [0.05, 0.1) is 41.3 Å². The summed E-state index contributed by atoms with van der Waals surface area (Å²) in [6, 6.07) is 5.35. The lowest BCUT2D eigenvalue weighted by Gasteiger charge is -2.13. The van der Waals surface area contributed by atoms with E-state index in [0.29, 0.717) is 27.7 Å². The first-order valence-corrected chi connectivity index (χ1v) is 8.43. The highest BCUT2D eigenvalue weighted by molar-refractivity contribution is 7.85. The van der Waals surface area contributed by atoms with Crippen LogP contribution in [0.15, 0.2) is 22.6 Å². The normalized spacial score (nSPS) is 13.5. The van der Waals surface area contributed by atoms with Crippen molar-refractivity contribution in [2.45, 2.75) is 25.5 Å². The van der Waals surface area contributed by atoms with Gasteiger partial charge >= 0.3 is 0 Å². The molecular formula is C16H19ClN2O3S. The van der Waals surface area contributed by atoms with Crippen molar-refractivity contribution in [1.82, 2.24) is 4.98 Å². The fourth-order valence-electron chi connectivity index (χ4n) is 1.85. The van der Waals surface area contributed by atoms with Gasteiger partial charge in [0.2, 0.25) is 5.88 Å². The Labute approximate surface area is 143 Å².